The van der Waals surface area contributed by atoms with Gasteiger partial charge in [0, 0.05) is 18.1 Å². The van der Waals surface area contributed by atoms with Crippen LogP contribution >= 0.6 is 0 Å². The second kappa shape index (κ2) is 4.66. The fourth-order valence-electron chi connectivity index (χ4n) is 3.82. The number of rotatable bonds is 3. The normalized spacial score (nSPS) is 38.1. The molecule has 1 saturated carbocycles. The maximum absolute atomic E-state index is 3.91. The van der Waals surface area contributed by atoms with E-state index in [1.807, 2.05) is 0 Å². The fourth-order valence-corrected chi connectivity index (χ4v) is 3.82. The van der Waals surface area contributed by atoms with Gasteiger partial charge in [0.2, 0.25) is 0 Å². The molecule has 0 aromatic rings. The van der Waals surface area contributed by atoms with Gasteiger partial charge in [-0.25, -0.2) is 0 Å². The summed E-state index contributed by atoms with van der Waals surface area (Å²) in [5.74, 6) is 0.988. The zero-order valence-corrected chi connectivity index (χ0v) is 10.6. The lowest BCUT2D eigenvalue weighted by atomic mass is 9.80. The number of nitrogens with one attached hydrogen (secondary N) is 1. The van der Waals surface area contributed by atoms with Crippen molar-refractivity contribution in [1.29, 1.82) is 0 Å². The SMILES string of the molecule is CC(NC1CCN2CCCC2C1)C1CCC1. The largest absolute Gasteiger partial charge is 0.311 e. The monoisotopic (exact) mass is 222 g/mol. The van der Waals surface area contributed by atoms with Gasteiger partial charge in [-0.1, -0.05) is 6.42 Å². The van der Waals surface area contributed by atoms with E-state index in [-0.39, 0.29) is 0 Å². The predicted molar refractivity (Wildman–Crippen MR) is 67.6 cm³/mol. The molecule has 1 N–H and O–H groups in total. The Kier molecular flexibility index (Phi) is 3.21. The molecule has 2 saturated heterocycles. The van der Waals surface area contributed by atoms with Gasteiger partial charge in [-0.2, -0.15) is 0 Å². The van der Waals surface area contributed by atoms with Gasteiger partial charge in [0.15, 0.2) is 0 Å². The van der Waals surface area contributed by atoms with Gasteiger partial charge < -0.3 is 10.2 Å². The second-order valence-electron chi connectivity index (χ2n) is 6.20. The second-order valence-corrected chi connectivity index (χ2v) is 6.20. The Balaban J connectivity index is 1.48. The molecule has 3 atom stereocenters. The van der Waals surface area contributed by atoms with E-state index in [1.54, 1.807) is 0 Å². The first kappa shape index (κ1) is 11.0. The lowest BCUT2D eigenvalue weighted by molar-refractivity contribution is 0.144. The predicted octanol–water partition coefficient (Wildman–Crippen LogP) is 2.39. The molecule has 0 amide bonds. The quantitative estimate of drug-likeness (QED) is 0.789. The summed E-state index contributed by atoms with van der Waals surface area (Å²) in [4.78, 5) is 2.71. The molecule has 2 aliphatic heterocycles. The van der Waals surface area contributed by atoms with Crippen LogP contribution in [-0.2, 0) is 0 Å². The van der Waals surface area contributed by atoms with Crippen LogP contribution in [0.3, 0.4) is 0 Å². The third-order valence-electron chi connectivity index (χ3n) is 5.18. The molecule has 0 spiro atoms. The molecule has 0 aromatic heterocycles. The van der Waals surface area contributed by atoms with E-state index in [2.05, 4.69) is 17.1 Å². The third kappa shape index (κ3) is 2.14. The molecule has 2 heteroatoms. The van der Waals surface area contributed by atoms with Crippen LogP contribution in [0.4, 0.5) is 0 Å². The van der Waals surface area contributed by atoms with Crippen molar-refractivity contribution >= 4 is 0 Å². The van der Waals surface area contributed by atoms with Gasteiger partial charge >= 0.3 is 0 Å². The van der Waals surface area contributed by atoms with Crippen LogP contribution in [0.2, 0.25) is 0 Å². The lowest BCUT2D eigenvalue weighted by Crippen LogP contribution is -2.50. The smallest absolute Gasteiger partial charge is 0.0111 e. The first-order valence-corrected chi connectivity index (χ1v) is 7.33. The molecule has 0 aromatic carbocycles. The number of hydrogen-bond donors (Lipinski definition) is 1. The minimum absolute atomic E-state index is 0.770. The van der Waals surface area contributed by atoms with Crippen molar-refractivity contribution in [3.05, 3.63) is 0 Å². The minimum Gasteiger partial charge on any atom is -0.311 e. The van der Waals surface area contributed by atoms with E-state index < -0.39 is 0 Å². The molecule has 3 fully saturated rings. The van der Waals surface area contributed by atoms with E-state index in [0.717, 1.165) is 24.0 Å². The molecule has 3 rings (SSSR count). The molecule has 1 aliphatic carbocycles. The van der Waals surface area contributed by atoms with E-state index in [4.69, 9.17) is 0 Å². The summed E-state index contributed by atoms with van der Waals surface area (Å²) < 4.78 is 0. The number of nitrogens with zero attached hydrogens (tertiary/aromatic N) is 1. The molecular formula is C14H26N2. The summed E-state index contributed by atoms with van der Waals surface area (Å²) in [6.45, 7) is 5.13. The van der Waals surface area contributed by atoms with Crippen LogP contribution in [-0.4, -0.2) is 36.1 Å². The Morgan fingerprint density at radius 1 is 1.06 bits per heavy atom. The van der Waals surface area contributed by atoms with Gasteiger partial charge in [0.05, 0.1) is 0 Å². The van der Waals surface area contributed by atoms with Crippen molar-refractivity contribution in [2.45, 2.75) is 70.0 Å². The van der Waals surface area contributed by atoms with E-state index in [1.165, 1.54) is 58.0 Å². The zero-order chi connectivity index (χ0) is 11.0. The highest BCUT2D eigenvalue weighted by Crippen LogP contribution is 2.31. The Morgan fingerprint density at radius 3 is 2.69 bits per heavy atom. The summed E-state index contributed by atoms with van der Waals surface area (Å²) in [6.07, 6.45) is 10.1. The van der Waals surface area contributed by atoms with Crippen molar-refractivity contribution < 1.29 is 0 Å². The Labute approximate surface area is 99.8 Å². The summed E-state index contributed by atoms with van der Waals surface area (Å²) in [6, 6.07) is 2.50. The standard InChI is InChI=1S/C14H26N2/c1-11(12-4-2-5-12)15-13-7-9-16-8-3-6-14(16)10-13/h11-15H,2-10H2,1H3. The number of fused-ring (bicyclic) bond motifs is 1. The van der Waals surface area contributed by atoms with Gasteiger partial charge in [-0.15, -0.1) is 0 Å². The van der Waals surface area contributed by atoms with Crippen LogP contribution < -0.4 is 5.32 Å². The van der Waals surface area contributed by atoms with E-state index in [9.17, 15) is 0 Å². The molecule has 3 unspecified atom stereocenters. The Bertz CT molecular complexity index is 237. The van der Waals surface area contributed by atoms with E-state index in [0.29, 0.717) is 0 Å². The van der Waals surface area contributed by atoms with Gasteiger partial charge in [-0.3, -0.25) is 0 Å². The van der Waals surface area contributed by atoms with Gasteiger partial charge in [-0.05, 0) is 64.5 Å². The van der Waals surface area contributed by atoms with Crippen molar-refractivity contribution in [1.82, 2.24) is 10.2 Å². The molecule has 92 valence electrons. The molecule has 2 heterocycles. The van der Waals surface area contributed by atoms with Crippen molar-refractivity contribution in [3.8, 4) is 0 Å². The average Bonchev–Trinajstić information content (AvgIpc) is 2.61. The van der Waals surface area contributed by atoms with Crippen LogP contribution in [0.1, 0.15) is 51.9 Å². The Morgan fingerprint density at radius 2 is 1.94 bits per heavy atom. The molecule has 2 nitrogen and oxygen atoms in total. The summed E-state index contributed by atoms with van der Waals surface area (Å²) in [5, 5.41) is 3.91. The topological polar surface area (TPSA) is 15.3 Å². The van der Waals surface area contributed by atoms with Crippen LogP contribution in [0.25, 0.3) is 0 Å². The van der Waals surface area contributed by atoms with E-state index >= 15 is 0 Å². The van der Waals surface area contributed by atoms with Gasteiger partial charge in [0.25, 0.3) is 0 Å². The summed E-state index contributed by atoms with van der Waals surface area (Å²) in [5.41, 5.74) is 0. The summed E-state index contributed by atoms with van der Waals surface area (Å²) >= 11 is 0. The molecule has 0 radical (unpaired) electrons. The lowest BCUT2D eigenvalue weighted by Gasteiger charge is -2.39. The summed E-state index contributed by atoms with van der Waals surface area (Å²) in [7, 11) is 0. The maximum atomic E-state index is 3.91. The Hall–Kier alpha value is -0.0800. The first-order chi connectivity index (χ1) is 7.83. The molecule has 16 heavy (non-hydrogen) atoms. The highest BCUT2D eigenvalue weighted by molar-refractivity contribution is 4.91. The highest BCUT2D eigenvalue weighted by atomic mass is 15.2. The number of piperidine rings is 1. The molecule has 3 aliphatic rings. The fraction of sp³-hybridized carbons (Fsp3) is 1.00. The van der Waals surface area contributed by atoms with Gasteiger partial charge in [0.1, 0.15) is 0 Å². The number of hydrogen-bond acceptors (Lipinski definition) is 2. The maximum Gasteiger partial charge on any atom is 0.0111 e. The third-order valence-corrected chi connectivity index (χ3v) is 5.18. The molecule has 0 bridgehead atoms. The van der Waals surface area contributed by atoms with Crippen molar-refractivity contribution in [3.63, 3.8) is 0 Å². The van der Waals surface area contributed by atoms with Crippen molar-refractivity contribution in [2.75, 3.05) is 13.1 Å². The zero-order valence-electron chi connectivity index (χ0n) is 10.6. The van der Waals surface area contributed by atoms with Crippen molar-refractivity contribution in [2.24, 2.45) is 5.92 Å². The minimum atomic E-state index is 0.770. The first-order valence-electron chi connectivity index (χ1n) is 7.33. The van der Waals surface area contributed by atoms with Crippen LogP contribution in [0.15, 0.2) is 0 Å². The van der Waals surface area contributed by atoms with Crippen LogP contribution in [0.5, 0.6) is 0 Å². The van der Waals surface area contributed by atoms with Crippen LogP contribution in [0, 0.1) is 5.92 Å². The average molecular weight is 222 g/mol. The highest BCUT2D eigenvalue weighted by Gasteiger charge is 2.33. The molecular weight excluding hydrogens is 196 g/mol.